The van der Waals surface area contributed by atoms with Crippen LogP contribution in [-0.2, 0) is 4.79 Å². The van der Waals surface area contributed by atoms with Crippen LogP contribution < -0.4 is 5.32 Å². The highest BCUT2D eigenvalue weighted by Gasteiger charge is 2.38. The third-order valence-electron chi connectivity index (χ3n) is 3.63. The van der Waals surface area contributed by atoms with Gasteiger partial charge in [0.1, 0.15) is 0 Å². The van der Waals surface area contributed by atoms with Crippen LogP contribution in [0.25, 0.3) is 0 Å². The van der Waals surface area contributed by atoms with Crippen molar-refractivity contribution in [3.63, 3.8) is 0 Å². The molecular weight excluding hydrogens is 272 g/mol. The average Bonchev–Trinajstić information content (AvgIpc) is 2.62. The van der Waals surface area contributed by atoms with Gasteiger partial charge in [-0.15, -0.1) is 0 Å². The molecule has 1 N–H and O–H groups in total. The summed E-state index contributed by atoms with van der Waals surface area (Å²) in [6.07, 6.45) is 5.89. The van der Waals surface area contributed by atoms with E-state index in [1.165, 1.54) is 24.2 Å². The van der Waals surface area contributed by atoms with Crippen LogP contribution in [-0.4, -0.2) is 35.3 Å². The van der Waals surface area contributed by atoms with Gasteiger partial charge in [-0.05, 0) is 18.3 Å². The minimum atomic E-state index is -0.226. The molecule has 0 radical (unpaired) electrons. The van der Waals surface area contributed by atoms with E-state index < -0.39 is 0 Å². The topological polar surface area (TPSA) is 49.4 Å². The van der Waals surface area contributed by atoms with Crippen LogP contribution in [0.5, 0.6) is 0 Å². The standard InChI is InChI=1S/C11H17BrN2O2/c12-7-11(4-2-1-3-5-11)8-14-9(15)6-13-10(14)16/h1-8H2,(H,13,16). The van der Waals surface area contributed by atoms with Gasteiger partial charge >= 0.3 is 6.03 Å². The zero-order chi connectivity index (χ0) is 11.6. The number of nitrogens with zero attached hydrogens (tertiary/aromatic N) is 1. The van der Waals surface area contributed by atoms with Crippen LogP contribution >= 0.6 is 15.9 Å². The maximum absolute atomic E-state index is 11.5. The van der Waals surface area contributed by atoms with Gasteiger partial charge in [0.05, 0.1) is 6.54 Å². The highest BCUT2D eigenvalue weighted by atomic mass is 79.9. The zero-order valence-electron chi connectivity index (χ0n) is 9.30. The monoisotopic (exact) mass is 288 g/mol. The second kappa shape index (κ2) is 4.73. The second-order valence-electron chi connectivity index (χ2n) is 4.83. The maximum Gasteiger partial charge on any atom is 0.324 e. The highest BCUT2D eigenvalue weighted by molar-refractivity contribution is 9.09. The Balaban J connectivity index is 2.05. The molecule has 2 aliphatic rings. The van der Waals surface area contributed by atoms with Gasteiger partial charge in [-0.25, -0.2) is 4.79 Å². The Kier molecular flexibility index (Phi) is 3.52. The van der Waals surface area contributed by atoms with Gasteiger partial charge in [-0.3, -0.25) is 9.69 Å². The van der Waals surface area contributed by atoms with Crippen LogP contribution in [0.4, 0.5) is 4.79 Å². The number of halogens is 1. The summed E-state index contributed by atoms with van der Waals surface area (Å²) < 4.78 is 0. The van der Waals surface area contributed by atoms with Crippen molar-refractivity contribution in [2.75, 3.05) is 18.4 Å². The highest BCUT2D eigenvalue weighted by Crippen LogP contribution is 2.38. The smallest absolute Gasteiger partial charge is 0.324 e. The van der Waals surface area contributed by atoms with E-state index in [0.717, 1.165) is 18.2 Å². The first-order valence-corrected chi connectivity index (χ1v) is 6.93. The van der Waals surface area contributed by atoms with E-state index in [4.69, 9.17) is 0 Å². The van der Waals surface area contributed by atoms with Gasteiger partial charge in [0.25, 0.3) is 0 Å². The molecule has 1 saturated carbocycles. The second-order valence-corrected chi connectivity index (χ2v) is 5.39. The van der Waals surface area contributed by atoms with Gasteiger partial charge in [0.2, 0.25) is 5.91 Å². The van der Waals surface area contributed by atoms with E-state index in [2.05, 4.69) is 21.2 Å². The summed E-state index contributed by atoms with van der Waals surface area (Å²) in [5, 5.41) is 3.44. The summed E-state index contributed by atoms with van der Waals surface area (Å²) in [5.74, 6) is -0.0871. The van der Waals surface area contributed by atoms with Crippen molar-refractivity contribution < 1.29 is 9.59 Å². The molecule has 0 spiro atoms. The van der Waals surface area contributed by atoms with Crippen LogP contribution in [0.3, 0.4) is 0 Å². The lowest BCUT2D eigenvalue weighted by molar-refractivity contribution is -0.126. The molecule has 0 aromatic carbocycles. The van der Waals surface area contributed by atoms with Crippen molar-refractivity contribution in [3.8, 4) is 0 Å². The van der Waals surface area contributed by atoms with E-state index in [-0.39, 0.29) is 23.9 Å². The van der Waals surface area contributed by atoms with Crippen LogP contribution in [0, 0.1) is 5.41 Å². The van der Waals surface area contributed by atoms with Crippen molar-refractivity contribution >= 4 is 27.9 Å². The van der Waals surface area contributed by atoms with Crippen molar-refractivity contribution in [1.29, 1.82) is 0 Å². The Morgan fingerprint density at radius 2 is 1.94 bits per heavy atom. The van der Waals surface area contributed by atoms with E-state index in [0.29, 0.717) is 6.54 Å². The largest absolute Gasteiger partial charge is 0.329 e. The summed E-state index contributed by atoms with van der Waals surface area (Å²) in [6, 6.07) is -0.226. The molecule has 1 saturated heterocycles. The van der Waals surface area contributed by atoms with Gasteiger partial charge in [-0.2, -0.15) is 0 Å². The van der Waals surface area contributed by atoms with Crippen molar-refractivity contribution in [3.05, 3.63) is 0 Å². The Labute approximate surface area is 104 Å². The van der Waals surface area contributed by atoms with Crippen LogP contribution in [0.1, 0.15) is 32.1 Å². The van der Waals surface area contributed by atoms with Gasteiger partial charge in [0, 0.05) is 11.9 Å². The predicted molar refractivity (Wildman–Crippen MR) is 64.4 cm³/mol. The lowest BCUT2D eigenvalue weighted by Gasteiger charge is -2.37. The lowest BCUT2D eigenvalue weighted by atomic mass is 9.75. The zero-order valence-corrected chi connectivity index (χ0v) is 10.9. The summed E-state index contributed by atoms with van der Waals surface area (Å²) in [6.45, 7) is 0.736. The Bertz CT molecular complexity index is 284. The molecule has 0 aromatic heterocycles. The quantitative estimate of drug-likeness (QED) is 0.637. The Hall–Kier alpha value is -0.580. The number of urea groups is 1. The molecule has 0 unspecified atom stereocenters. The van der Waals surface area contributed by atoms with E-state index >= 15 is 0 Å². The average molecular weight is 289 g/mol. The third-order valence-corrected chi connectivity index (χ3v) is 4.82. The first-order chi connectivity index (χ1) is 7.67. The minimum Gasteiger partial charge on any atom is -0.329 e. The summed E-state index contributed by atoms with van der Waals surface area (Å²) >= 11 is 3.55. The van der Waals surface area contributed by atoms with Crippen molar-refractivity contribution in [2.24, 2.45) is 5.41 Å². The van der Waals surface area contributed by atoms with Gasteiger partial charge < -0.3 is 5.32 Å². The maximum atomic E-state index is 11.5. The fraction of sp³-hybridized carbons (Fsp3) is 0.818. The molecule has 3 amide bonds. The molecule has 1 aliphatic carbocycles. The molecule has 2 rings (SSSR count). The third kappa shape index (κ3) is 2.24. The molecule has 1 aliphatic heterocycles. The number of carbonyl (C=O) groups excluding carboxylic acids is 2. The van der Waals surface area contributed by atoms with Crippen LogP contribution in [0.2, 0.25) is 0 Å². The lowest BCUT2D eigenvalue weighted by Crippen LogP contribution is -2.43. The normalized spacial score (nSPS) is 24.7. The number of hydrogen-bond donors (Lipinski definition) is 1. The van der Waals surface area contributed by atoms with Gasteiger partial charge in [0.15, 0.2) is 0 Å². The molecule has 90 valence electrons. The molecule has 0 atom stereocenters. The summed E-state index contributed by atoms with van der Waals surface area (Å²) in [5.41, 5.74) is 0.107. The first kappa shape index (κ1) is 11.9. The predicted octanol–water partition coefficient (Wildman–Crippen LogP) is 1.88. The number of amides is 3. The molecule has 4 nitrogen and oxygen atoms in total. The molecule has 5 heteroatoms. The molecule has 0 aromatic rings. The number of alkyl halides is 1. The number of carbonyl (C=O) groups is 2. The van der Waals surface area contributed by atoms with Crippen LogP contribution in [0.15, 0.2) is 0 Å². The number of rotatable bonds is 3. The SMILES string of the molecule is O=C1CNC(=O)N1CC1(CBr)CCCCC1. The molecule has 2 fully saturated rings. The summed E-state index contributed by atoms with van der Waals surface area (Å²) in [7, 11) is 0. The Morgan fingerprint density at radius 1 is 1.25 bits per heavy atom. The number of nitrogens with one attached hydrogen (secondary N) is 1. The first-order valence-electron chi connectivity index (χ1n) is 5.81. The molecule has 16 heavy (non-hydrogen) atoms. The fourth-order valence-corrected chi connectivity index (χ4v) is 3.32. The van der Waals surface area contributed by atoms with Crippen molar-refractivity contribution in [1.82, 2.24) is 10.2 Å². The van der Waals surface area contributed by atoms with E-state index in [1.54, 1.807) is 0 Å². The Morgan fingerprint density at radius 3 is 2.44 bits per heavy atom. The summed E-state index contributed by atoms with van der Waals surface area (Å²) in [4.78, 5) is 24.4. The molecule has 0 bridgehead atoms. The van der Waals surface area contributed by atoms with Gasteiger partial charge in [-0.1, -0.05) is 35.2 Å². The van der Waals surface area contributed by atoms with E-state index in [1.807, 2.05) is 0 Å². The number of hydrogen-bond acceptors (Lipinski definition) is 2. The number of imide groups is 1. The molecule has 1 heterocycles. The molecular formula is C11H17BrN2O2. The minimum absolute atomic E-state index is 0.0871. The van der Waals surface area contributed by atoms with Crippen molar-refractivity contribution in [2.45, 2.75) is 32.1 Å². The van der Waals surface area contributed by atoms with E-state index in [9.17, 15) is 9.59 Å². The fourth-order valence-electron chi connectivity index (χ4n) is 2.59.